The molecule has 0 bridgehead atoms. The van der Waals surface area contributed by atoms with E-state index in [1.54, 1.807) is 0 Å². The van der Waals surface area contributed by atoms with Gasteiger partial charge >= 0.3 is 5.97 Å². The van der Waals surface area contributed by atoms with Gasteiger partial charge in [-0.05, 0) is 55.5 Å². The molecule has 0 saturated carbocycles. The lowest BCUT2D eigenvalue weighted by Gasteiger charge is -2.25. The van der Waals surface area contributed by atoms with E-state index < -0.39 is 10.7 Å². The molecule has 0 amide bonds. The summed E-state index contributed by atoms with van der Waals surface area (Å²) in [6.45, 7) is 9.36. The maximum absolute atomic E-state index is 13.0. The molecule has 0 fully saturated rings. The largest absolute Gasteiger partial charge is 0.429 e. The number of benzene rings is 2. The van der Waals surface area contributed by atoms with Crippen LogP contribution in [0.25, 0.3) is 5.57 Å². The summed E-state index contributed by atoms with van der Waals surface area (Å²) < 4.78 is 4.91. The first kappa shape index (κ1) is 18.5. The molecule has 0 aliphatic carbocycles. The Bertz CT molecular complexity index is 928. The summed E-state index contributed by atoms with van der Waals surface area (Å²) in [7, 11) is 0. The van der Waals surface area contributed by atoms with Gasteiger partial charge in [0, 0.05) is 6.92 Å². The van der Waals surface area contributed by atoms with Gasteiger partial charge in [0.15, 0.2) is 0 Å². The summed E-state index contributed by atoms with van der Waals surface area (Å²) in [6.07, 6.45) is 0. The molecule has 26 heavy (non-hydrogen) atoms. The Morgan fingerprint density at radius 2 is 1.62 bits per heavy atom. The van der Waals surface area contributed by atoms with Gasteiger partial charge < -0.3 is 4.74 Å². The molecule has 1 aliphatic rings. The Morgan fingerprint density at radius 1 is 1.00 bits per heavy atom. The first-order valence-corrected chi connectivity index (χ1v) is 9.36. The lowest BCUT2D eigenvalue weighted by molar-refractivity contribution is -0.137. The van der Waals surface area contributed by atoms with Gasteiger partial charge in [-0.25, -0.2) is 0 Å². The highest BCUT2D eigenvalue weighted by atomic mass is 32.2. The fourth-order valence-corrected chi connectivity index (χ4v) is 4.48. The van der Waals surface area contributed by atoms with E-state index >= 15 is 0 Å². The predicted molar refractivity (Wildman–Crippen MR) is 106 cm³/mol. The van der Waals surface area contributed by atoms with Crippen LogP contribution < -0.4 is 0 Å². The van der Waals surface area contributed by atoms with Crippen LogP contribution in [0.2, 0.25) is 0 Å². The van der Waals surface area contributed by atoms with Crippen LogP contribution in [-0.4, -0.2) is 11.1 Å². The minimum atomic E-state index is -0.732. The van der Waals surface area contributed by atoms with E-state index in [0.717, 1.165) is 22.3 Å². The zero-order chi connectivity index (χ0) is 19.1. The first-order chi connectivity index (χ1) is 12.2. The van der Waals surface area contributed by atoms with Crippen LogP contribution >= 0.6 is 11.8 Å². The summed E-state index contributed by atoms with van der Waals surface area (Å²) >= 11 is 1.20. The van der Waals surface area contributed by atoms with Crippen LogP contribution in [0.1, 0.15) is 41.7 Å². The van der Waals surface area contributed by atoms with E-state index in [1.807, 2.05) is 64.1 Å². The second kappa shape index (κ2) is 6.76. The van der Waals surface area contributed by atoms with Crippen LogP contribution in [0.4, 0.5) is 0 Å². The SMILES string of the molecule is CC(=O)OC1=C(c2cc(C)c(C)cc2C)C(=O)SC1(C)c1ccccc1. The zero-order valence-electron chi connectivity index (χ0n) is 15.7. The molecule has 1 atom stereocenters. The lowest BCUT2D eigenvalue weighted by Crippen LogP contribution is -2.21. The molecule has 134 valence electrons. The van der Waals surface area contributed by atoms with Crippen LogP contribution in [0, 0.1) is 20.8 Å². The third kappa shape index (κ3) is 3.10. The summed E-state index contributed by atoms with van der Waals surface area (Å²) in [5.74, 6) is 0.00833. The number of carbonyl (C=O) groups excluding carboxylic acids is 2. The van der Waals surface area contributed by atoms with Crippen molar-refractivity contribution in [3.8, 4) is 0 Å². The Kier molecular flexibility index (Phi) is 4.80. The normalized spacial score (nSPS) is 19.8. The number of ether oxygens (including phenoxy) is 1. The van der Waals surface area contributed by atoms with Crippen molar-refractivity contribution in [2.24, 2.45) is 0 Å². The van der Waals surface area contributed by atoms with Gasteiger partial charge in [-0.1, -0.05) is 54.2 Å². The third-order valence-corrected chi connectivity index (χ3v) is 6.06. The first-order valence-electron chi connectivity index (χ1n) is 8.54. The zero-order valence-corrected chi connectivity index (χ0v) is 16.5. The van der Waals surface area contributed by atoms with E-state index in [-0.39, 0.29) is 5.12 Å². The van der Waals surface area contributed by atoms with Gasteiger partial charge in [0.25, 0.3) is 0 Å². The number of rotatable bonds is 3. The van der Waals surface area contributed by atoms with Crippen molar-refractivity contribution in [3.63, 3.8) is 0 Å². The quantitative estimate of drug-likeness (QED) is 0.711. The van der Waals surface area contributed by atoms with E-state index in [9.17, 15) is 9.59 Å². The molecule has 2 aromatic carbocycles. The van der Waals surface area contributed by atoms with Crippen molar-refractivity contribution in [2.45, 2.75) is 39.4 Å². The smallest absolute Gasteiger partial charge is 0.307 e. The molecule has 1 aliphatic heterocycles. The monoisotopic (exact) mass is 366 g/mol. The van der Waals surface area contributed by atoms with Crippen LogP contribution in [0.15, 0.2) is 48.2 Å². The van der Waals surface area contributed by atoms with Crippen LogP contribution in [-0.2, 0) is 19.1 Å². The molecule has 0 radical (unpaired) electrons. The van der Waals surface area contributed by atoms with Crippen LogP contribution in [0.3, 0.4) is 0 Å². The van der Waals surface area contributed by atoms with Gasteiger partial charge in [0.2, 0.25) is 5.12 Å². The molecule has 4 heteroatoms. The van der Waals surface area contributed by atoms with Crippen molar-refractivity contribution in [3.05, 3.63) is 76.0 Å². The average molecular weight is 366 g/mol. The fourth-order valence-electron chi connectivity index (χ4n) is 3.31. The molecular formula is C22H22O3S. The number of hydrogen-bond donors (Lipinski definition) is 0. The summed E-state index contributed by atoms with van der Waals surface area (Å²) in [6, 6.07) is 13.8. The second-order valence-electron chi connectivity index (χ2n) is 6.84. The van der Waals surface area contributed by atoms with Gasteiger partial charge in [-0.3, -0.25) is 9.59 Å². The van der Waals surface area contributed by atoms with E-state index in [4.69, 9.17) is 4.74 Å². The maximum Gasteiger partial charge on any atom is 0.307 e. The molecule has 0 spiro atoms. The molecule has 0 saturated heterocycles. The van der Waals surface area contributed by atoms with E-state index in [2.05, 4.69) is 6.07 Å². The third-order valence-electron chi connectivity index (χ3n) is 4.84. The number of hydrogen-bond acceptors (Lipinski definition) is 4. The number of aryl methyl sites for hydroxylation is 3. The molecule has 3 rings (SSSR count). The average Bonchev–Trinajstić information content (AvgIpc) is 2.83. The van der Waals surface area contributed by atoms with E-state index in [0.29, 0.717) is 11.3 Å². The van der Waals surface area contributed by atoms with Crippen molar-refractivity contribution < 1.29 is 14.3 Å². The van der Waals surface area contributed by atoms with Crippen molar-refractivity contribution in [1.29, 1.82) is 0 Å². The molecule has 0 N–H and O–H groups in total. The topological polar surface area (TPSA) is 43.4 Å². The van der Waals surface area contributed by atoms with E-state index in [1.165, 1.54) is 24.2 Å². The Hall–Kier alpha value is -2.33. The lowest BCUT2D eigenvalue weighted by atomic mass is 9.90. The number of carbonyl (C=O) groups is 2. The van der Waals surface area contributed by atoms with Crippen molar-refractivity contribution in [1.82, 2.24) is 0 Å². The summed E-state index contributed by atoms with van der Waals surface area (Å²) in [4.78, 5) is 24.8. The highest BCUT2D eigenvalue weighted by Crippen LogP contribution is 2.54. The number of esters is 1. The standard InChI is InChI=1S/C22H22O3S/c1-13-11-15(3)18(12-14(13)2)19-20(25-16(4)23)22(5,26-21(19)24)17-9-7-6-8-10-17/h6-12H,1-5H3. The van der Waals surface area contributed by atoms with Crippen molar-refractivity contribution >= 4 is 28.4 Å². The highest BCUT2D eigenvalue weighted by Gasteiger charge is 2.47. The molecule has 1 heterocycles. The summed E-state index contributed by atoms with van der Waals surface area (Å²) in [5.41, 5.74) is 5.54. The van der Waals surface area contributed by atoms with Gasteiger partial charge in [0.1, 0.15) is 10.5 Å². The molecule has 2 aromatic rings. The predicted octanol–water partition coefficient (Wildman–Crippen LogP) is 5.07. The van der Waals surface area contributed by atoms with Gasteiger partial charge in [0.05, 0.1) is 5.57 Å². The molecular weight excluding hydrogens is 344 g/mol. The minimum absolute atomic E-state index is 0.0704. The second-order valence-corrected chi connectivity index (χ2v) is 8.23. The van der Waals surface area contributed by atoms with Crippen LogP contribution in [0.5, 0.6) is 0 Å². The maximum atomic E-state index is 13.0. The fraction of sp³-hybridized carbons (Fsp3) is 0.273. The highest BCUT2D eigenvalue weighted by molar-refractivity contribution is 8.16. The van der Waals surface area contributed by atoms with Gasteiger partial charge in [-0.15, -0.1) is 0 Å². The summed E-state index contributed by atoms with van der Waals surface area (Å²) in [5, 5.41) is -0.0704. The molecule has 0 aromatic heterocycles. The van der Waals surface area contributed by atoms with Gasteiger partial charge in [-0.2, -0.15) is 0 Å². The molecule has 3 nitrogen and oxygen atoms in total. The minimum Gasteiger partial charge on any atom is -0.429 e. The number of thioether (sulfide) groups is 1. The molecule has 1 unspecified atom stereocenters. The Balaban J connectivity index is 2.28. The Morgan fingerprint density at radius 3 is 2.23 bits per heavy atom. The van der Waals surface area contributed by atoms with Crippen molar-refractivity contribution in [2.75, 3.05) is 0 Å². The Labute approximate surface area is 158 Å².